The van der Waals surface area contributed by atoms with Crippen LogP contribution < -0.4 is 5.73 Å². The molecule has 1 aliphatic rings. The van der Waals surface area contributed by atoms with Crippen LogP contribution in [-0.4, -0.2) is 24.0 Å². The minimum absolute atomic E-state index is 0.351. The van der Waals surface area contributed by atoms with Crippen LogP contribution in [0, 0.1) is 12.8 Å². The number of piperidine rings is 1. The first kappa shape index (κ1) is 15.0. The summed E-state index contributed by atoms with van der Waals surface area (Å²) in [7, 11) is 0. The van der Waals surface area contributed by atoms with E-state index < -0.39 is 0 Å². The number of hydrogen-bond acceptors (Lipinski definition) is 2. The average Bonchev–Trinajstić information content (AvgIpc) is 2.38. The Labute approximate surface area is 125 Å². The average molecular weight is 325 g/mol. The molecule has 1 aromatic rings. The molecule has 0 aromatic heterocycles. The maximum atomic E-state index is 6.08. The van der Waals surface area contributed by atoms with Crippen LogP contribution in [0.3, 0.4) is 0 Å². The number of benzene rings is 1. The van der Waals surface area contributed by atoms with E-state index in [1.807, 2.05) is 0 Å². The Morgan fingerprint density at radius 3 is 2.74 bits per heavy atom. The van der Waals surface area contributed by atoms with Crippen molar-refractivity contribution in [2.45, 2.75) is 45.7 Å². The van der Waals surface area contributed by atoms with Gasteiger partial charge in [0.05, 0.1) is 0 Å². The van der Waals surface area contributed by atoms with Crippen molar-refractivity contribution in [2.75, 3.05) is 13.1 Å². The van der Waals surface area contributed by atoms with Gasteiger partial charge < -0.3 is 5.73 Å². The lowest BCUT2D eigenvalue weighted by Crippen LogP contribution is -2.45. The Hall–Kier alpha value is -0.380. The van der Waals surface area contributed by atoms with Gasteiger partial charge >= 0.3 is 0 Å². The van der Waals surface area contributed by atoms with Crippen LogP contribution in [0.15, 0.2) is 22.7 Å². The third-order valence-electron chi connectivity index (χ3n) is 4.36. The molecule has 2 N–H and O–H groups in total. The van der Waals surface area contributed by atoms with Crippen LogP contribution in [0.4, 0.5) is 0 Å². The smallest absolute Gasteiger partial charge is 0.0473 e. The highest BCUT2D eigenvalue weighted by Gasteiger charge is 2.29. The summed E-state index contributed by atoms with van der Waals surface area (Å²) >= 11 is 3.57. The highest BCUT2D eigenvalue weighted by Crippen LogP contribution is 2.31. The Bertz CT molecular complexity index is 433. The number of aryl methyl sites for hydroxylation is 1. The van der Waals surface area contributed by atoms with E-state index in [0.29, 0.717) is 18.6 Å². The van der Waals surface area contributed by atoms with E-state index in [-0.39, 0.29) is 0 Å². The summed E-state index contributed by atoms with van der Waals surface area (Å²) in [6, 6.07) is 7.61. The van der Waals surface area contributed by atoms with Crippen LogP contribution in [0.2, 0.25) is 0 Å². The number of nitrogens with two attached hydrogens (primary N) is 1. The second-order valence-corrected chi connectivity index (χ2v) is 6.84. The zero-order chi connectivity index (χ0) is 14.0. The Balaban J connectivity index is 2.25. The third-order valence-corrected chi connectivity index (χ3v) is 5.25. The third kappa shape index (κ3) is 3.39. The van der Waals surface area contributed by atoms with Crippen LogP contribution in [-0.2, 0) is 0 Å². The molecular weight excluding hydrogens is 300 g/mol. The van der Waals surface area contributed by atoms with Crippen LogP contribution in [0.1, 0.15) is 43.9 Å². The maximum Gasteiger partial charge on any atom is 0.0473 e. The number of halogens is 1. The summed E-state index contributed by atoms with van der Waals surface area (Å²) in [5, 5.41) is 0. The minimum atomic E-state index is 0.351. The molecule has 19 heavy (non-hydrogen) atoms. The molecule has 0 bridgehead atoms. The van der Waals surface area contributed by atoms with Crippen molar-refractivity contribution in [3.05, 3.63) is 33.8 Å². The van der Waals surface area contributed by atoms with Gasteiger partial charge in [-0.3, -0.25) is 4.90 Å². The summed E-state index contributed by atoms with van der Waals surface area (Å²) in [6.07, 6.45) is 2.63. The molecule has 3 heteroatoms. The normalized spacial score (nSPS) is 26.4. The second kappa shape index (κ2) is 6.38. The molecule has 3 atom stereocenters. The summed E-state index contributed by atoms with van der Waals surface area (Å²) in [4.78, 5) is 2.59. The van der Waals surface area contributed by atoms with Crippen LogP contribution >= 0.6 is 15.9 Å². The largest absolute Gasteiger partial charge is 0.329 e. The lowest BCUT2D eigenvalue weighted by Gasteiger charge is -2.42. The number of likely N-dealkylation sites (tertiary alicyclic amines) is 1. The Morgan fingerprint density at radius 2 is 2.11 bits per heavy atom. The van der Waals surface area contributed by atoms with Crippen molar-refractivity contribution in [1.82, 2.24) is 4.90 Å². The van der Waals surface area contributed by atoms with E-state index in [2.05, 4.69) is 59.8 Å². The standard InChI is InChI=1S/C16H25BrN2/c1-11-4-5-13(3)19(10-11)16(9-18)14-6-7-15(17)12(2)8-14/h6-8,11,13,16H,4-5,9-10,18H2,1-3H3. The van der Waals surface area contributed by atoms with Gasteiger partial charge in [0.2, 0.25) is 0 Å². The monoisotopic (exact) mass is 324 g/mol. The molecule has 3 unspecified atom stereocenters. The van der Waals surface area contributed by atoms with Gasteiger partial charge in [0.15, 0.2) is 0 Å². The van der Waals surface area contributed by atoms with Crippen molar-refractivity contribution in [2.24, 2.45) is 11.7 Å². The first-order valence-corrected chi connectivity index (χ1v) is 8.04. The zero-order valence-electron chi connectivity index (χ0n) is 12.2. The van der Waals surface area contributed by atoms with Crippen molar-refractivity contribution in [3.63, 3.8) is 0 Å². The van der Waals surface area contributed by atoms with Crippen molar-refractivity contribution in [1.29, 1.82) is 0 Å². The van der Waals surface area contributed by atoms with E-state index in [4.69, 9.17) is 5.73 Å². The number of nitrogens with zero attached hydrogens (tertiary/aromatic N) is 1. The summed E-state index contributed by atoms with van der Waals surface area (Å²) in [5.41, 5.74) is 8.71. The molecule has 1 saturated heterocycles. The van der Waals surface area contributed by atoms with E-state index in [1.54, 1.807) is 0 Å². The Morgan fingerprint density at radius 1 is 1.37 bits per heavy atom. The van der Waals surface area contributed by atoms with Crippen molar-refractivity contribution < 1.29 is 0 Å². The highest BCUT2D eigenvalue weighted by molar-refractivity contribution is 9.10. The predicted molar refractivity (Wildman–Crippen MR) is 85.2 cm³/mol. The molecule has 0 amide bonds. The van der Waals surface area contributed by atoms with Gasteiger partial charge in [-0.1, -0.05) is 35.0 Å². The topological polar surface area (TPSA) is 29.3 Å². The fourth-order valence-corrected chi connectivity index (χ4v) is 3.34. The zero-order valence-corrected chi connectivity index (χ0v) is 13.8. The highest BCUT2D eigenvalue weighted by atomic mass is 79.9. The quantitative estimate of drug-likeness (QED) is 0.914. The molecular formula is C16H25BrN2. The van der Waals surface area contributed by atoms with Crippen LogP contribution in [0.5, 0.6) is 0 Å². The van der Waals surface area contributed by atoms with Gasteiger partial charge in [0, 0.05) is 29.6 Å². The molecule has 1 aromatic carbocycles. The van der Waals surface area contributed by atoms with Gasteiger partial charge in [0.25, 0.3) is 0 Å². The predicted octanol–water partition coefficient (Wildman–Crippen LogP) is 3.88. The lowest BCUT2D eigenvalue weighted by molar-refractivity contribution is 0.0798. The van der Waals surface area contributed by atoms with E-state index in [0.717, 1.165) is 12.5 Å². The summed E-state index contributed by atoms with van der Waals surface area (Å²) in [5.74, 6) is 0.779. The first-order chi connectivity index (χ1) is 9.02. The van der Waals surface area contributed by atoms with Crippen molar-refractivity contribution >= 4 is 15.9 Å². The molecule has 0 aliphatic carbocycles. The molecule has 0 spiro atoms. The maximum absolute atomic E-state index is 6.08. The molecule has 0 saturated carbocycles. The van der Waals surface area contributed by atoms with Gasteiger partial charge in [-0.2, -0.15) is 0 Å². The molecule has 1 aliphatic heterocycles. The summed E-state index contributed by atoms with van der Waals surface area (Å²) < 4.78 is 1.17. The van der Waals surface area contributed by atoms with Gasteiger partial charge in [0.1, 0.15) is 0 Å². The minimum Gasteiger partial charge on any atom is -0.329 e. The fourth-order valence-electron chi connectivity index (χ4n) is 3.10. The SMILES string of the molecule is Cc1cc(C(CN)N2CC(C)CCC2C)ccc1Br. The second-order valence-electron chi connectivity index (χ2n) is 5.99. The number of rotatable bonds is 3. The Kier molecular flexibility index (Phi) is 5.04. The molecule has 2 nitrogen and oxygen atoms in total. The van der Waals surface area contributed by atoms with E-state index in [1.165, 1.54) is 28.4 Å². The van der Waals surface area contributed by atoms with Gasteiger partial charge in [-0.15, -0.1) is 0 Å². The number of hydrogen-bond donors (Lipinski definition) is 1. The summed E-state index contributed by atoms with van der Waals surface area (Å²) in [6.45, 7) is 8.68. The molecule has 106 valence electrons. The fraction of sp³-hybridized carbons (Fsp3) is 0.625. The molecule has 1 heterocycles. The van der Waals surface area contributed by atoms with Gasteiger partial charge in [-0.25, -0.2) is 0 Å². The molecule has 1 fully saturated rings. The lowest BCUT2D eigenvalue weighted by atomic mass is 9.91. The van der Waals surface area contributed by atoms with E-state index in [9.17, 15) is 0 Å². The van der Waals surface area contributed by atoms with Gasteiger partial charge in [-0.05, 0) is 49.8 Å². The van der Waals surface area contributed by atoms with Crippen LogP contribution in [0.25, 0.3) is 0 Å². The first-order valence-electron chi connectivity index (χ1n) is 7.24. The molecule has 2 rings (SSSR count). The van der Waals surface area contributed by atoms with E-state index >= 15 is 0 Å². The van der Waals surface area contributed by atoms with Crippen molar-refractivity contribution in [3.8, 4) is 0 Å². The molecule has 0 radical (unpaired) electrons.